The van der Waals surface area contributed by atoms with Crippen LogP contribution in [-0.4, -0.2) is 30.6 Å². The molecule has 0 spiro atoms. The molecule has 1 aliphatic rings. The van der Waals surface area contributed by atoms with E-state index in [1.807, 2.05) is 36.4 Å². The molecule has 1 heterocycles. The monoisotopic (exact) mass is 323 g/mol. The summed E-state index contributed by atoms with van der Waals surface area (Å²) in [7, 11) is 0. The van der Waals surface area contributed by atoms with E-state index in [2.05, 4.69) is 34.2 Å². The minimum Gasteiger partial charge on any atom is -0.376 e. The van der Waals surface area contributed by atoms with Crippen LogP contribution in [0, 0.1) is 5.92 Å². The fourth-order valence-corrected chi connectivity index (χ4v) is 2.95. The van der Waals surface area contributed by atoms with Gasteiger partial charge in [-0.1, -0.05) is 60.7 Å². The molecular formula is C20H25N3O. The SMILES string of the molecule is NC(=NCc1ccccc1)N1CCC(COCc2ccccc2)C1. The predicted octanol–water partition coefficient (Wildman–Crippen LogP) is 3.04. The number of guanidine groups is 1. The van der Waals surface area contributed by atoms with Gasteiger partial charge in [0.25, 0.3) is 0 Å². The number of aliphatic imine (C=N–C) groups is 1. The lowest BCUT2D eigenvalue weighted by Crippen LogP contribution is -2.35. The van der Waals surface area contributed by atoms with Gasteiger partial charge in [0.2, 0.25) is 0 Å². The van der Waals surface area contributed by atoms with Gasteiger partial charge >= 0.3 is 0 Å². The molecule has 3 rings (SSSR count). The van der Waals surface area contributed by atoms with Gasteiger partial charge in [0, 0.05) is 19.0 Å². The van der Waals surface area contributed by atoms with Crippen LogP contribution in [0.25, 0.3) is 0 Å². The van der Waals surface area contributed by atoms with Crippen molar-refractivity contribution in [1.82, 2.24) is 4.90 Å². The van der Waals surface area contributed by atoms with E-state index < -0.39 is 0 Å². The second kappa shape index (κ2) is 8.50. The minimum atomic E-state index is 0.527. The quantitative estimate of drug-likeness (QED) is 0.657. The summed E-state index contributed by atoms with van der Waals surface area (Å²) in [5, 5.41) is 0. The van der Waals surface area contributed by atoms with Crippen molar-refractivity contribution in [3.8, 4) is 0 Å². The van der Waals surface area contributed by atoms with Crippen LogP contribution in [0.4, 0.5) is 0 Å². The lowest BCUT2D eigenvalue weighted by Gasteiger charge is -2.17. The Hall–Kier alpha value is -2.33. The molecule has 1 atom stereocenters. The van der Waals surface area contributed by atoms with Crippen molar-refractivity contribution in [2.75, 3.05) is 19.7 Å². The minimum absolute atomic E-state index is 0.527. The van der Waals surface area contributed by atoms with E-state index in [0.717, 1.165) is 26.1 Å². The van der Waals surface area contributed by atoms with Gasteiger partial charge in [-0.05, 0) is 17.5 Å². The van der Waals surface area contributed by atoms with E-state index in [9.17, 15) is 0 Å². The highest BCUT2D eigenvalue weighted by atomic mass is 16.5. The van der Waals surface area contributed by atoms with E-state index in [1.54, 1.807) is 0 Å². The average Bonchev–Trinajstić information content (AvgIpc) is 3.10. The smallest absolute Gasteiger partial charge is 0.191 e. The summed E-state index contributed by atoms with van der Waals surface area (Å²) >= 11 is 0. The van der Waals surface area contributed by atoms with Crippen LogP contribution in [0.1, 0.15) is 17.5 Å². The summed E-state index contributed by atoms with van der Waals surface area (Å²) in [6, 6.07) is 20.5. The largest absolute Gasteiger partial charge is 0.376 e. The van der Waals surface area contributed by atoms with Crippen LogP contribution < -0.4 is 5.73 Å². The lowest BCUT2D eigenvalue weighted by atomic mass is 10.1. The number of hydrogen-bond acceptors (Lipinski definition) is 2. The Morgan fingerprint density at radius 3 is 2.42 bits per heavy atom. The molecule has 4 heteroatoms. The van der Waals surface area contributed by atoms with Gasteiger partial charge in [0.1, 0.15) is 0 Å². The lowest BCUT2D eigenvalue weighted by molar-refractivity contribution is 0.0907. The summed E-state index contributed by atoms with van der Waals surface area (Å²) in [6.07, 6.45) is 1.11. The molecule has 126 valence electrons. The molecule has 0 bridgehead atoms. The van der Waals surface area contributed by atoms with E-state index in [0.29, 0.717) is 25.0 Å². The zero-order chi connectivity index (χ0) is 16.6. The first kappa shape index (κ1) is 16.5. The molecule has 2 aromatic carbocycles. The van der Waals surface area contributed by atoms with E-state index in [4.69, 9.17) is 10.5 Å². The van der Waals surface area contributed by atoms with Crippen LogP contribution in [-0.2, 0) is 17.9 Å². The van der Waals surface area contributed by atoms with Crippen LogP contribution in [0.3, 0.4) is 0 Å². The molecule has 4 nitrogen and oxygen atoms in total. The van der Waals surface area contributed by atoms with Gasteiger partial charge in [-0.25, -0.2) is 4.99 Å². The van der Waals surface area contributed by atoms with Crippen molar-refractivity contribution in [3.05, 3.63) is 71.8 Å². The van der Waals surface area contributed by atoms with Crippen LogP contribution in [0.5, 0.6) is 0 Å². The first-order chi connectivity index (χ1) is 11.8. The molecule has 0 aliphatic carbocycles. The number of nitrogens with zero attached hydrogens (tertiary/aromatic N) is 2. The normalized spacial score (nSPS) is 18.1. The maximum Gasteiger partial charge on any atom is 0.191 e. The molecular weight excluding hydrogens is 298 g/mol. The van der Waals surface area contributed by atoms with Crippen molar-refractivity contribution in [1.29, 1.82) is 0 Å². The summed E-state index contributed by atoms with van der Waals surface area (Å²) < 4.78 is 5.85. The summed E-state index contributed by atoms with van der Waals surface area (Å²) in [4.78, 5) is 6.68. The van der Waals surface area contributed by atoms with Gasteiger partial charge in [0.15, 0.2) is 5.96 Å². The third-order valence-corrected chi connectivity index (χ3v) is 4.34. The van der Waals surface area contributed by atoms with Crippen molar-refractivity contribution in [3.63, 3.8) is 0 Å². The van der Waals surface area contributed by atoms with Gasteiger partial charge in [-0.15, -0.1) is 0 Å². The Labute approximate surface area is 144 Å². The summed E-state index contributed by atoms with van der Waals surface area (Å²) in [5.74, 6) is 1.17. The highest BCUT2D eigenvalue weighted by Crippen LogP contribution is 2.17. The maximum atomic E-state index is 6.14. The Bertz CT molecular complexity index is 642. The Morgan fingerprint density at radius 1 is 1.04 bits per heavy atom. The number of benzene rings is 2. The molecule has 2 aromatic rings. The van der Waals surface area contributed by atoms with Crippen LogP contribution >= 0.6 is 0 Å². The molecule has 1 saturated heterocycles. The zero-order valence-electron chi connectivity index (χ0n) is 14.0. The van der Waals surface area contributed by atoms with Gasteiger partial charge < -0.3 is 15.4 Å². The van der Waals surface area contributed by atoms with Crippen LogP contribution in [0.2, 0.25) is 0 Å². The predicted molar refractivity (Wildman–Crippen MR) is 97.5 cm³/mol. The second-order valence-electron chi connectivity index (χ2n) is 6.26. The Morgan fingerprint density at radius 2 is 1.71 bits per heavy atom. The Balaban J connectivity index is 1.41. The second-order valence-corrected chi connectivity index (χ2v) is 6.26. The number of likely N-dealkylation sites (tertiary alicyclic amines) is 1. The third kappa shape index (κ3) is 4.83. The molecule has 1 fully saturated rings. The fraction of sp³-hybridized carbons (Fsp3) is 0.350. The molecule has 0 aromatic heterocycles. The first-order valence-corrected chi connectivity index (χ1v) is 8.52. The van der Waals surface area contributed by atoms with Crippen molar-refractivity contribution in [2.24, 2.45) is 16.6 Å². The maximum absolute atomic E-state index is 6.14. The van der Waals surface area contributed by atoms with E-state index in [1.165, 1.54) is 11.1 Å². The molecule has 24 heavy (non-hydrogen) atoms. The molecule has 1 unspecified atom stereocenters. The van der Waals surface area contributed by atoms with Crippen LogP contribution in [0.15, 0.2) is 65.7 Å². The third-order valence-electron chi connectivity index (χ3n) is 4.34. The number of nitrogens with two attached hydrogens (primary N) is 1. The highest BCUT2D eigenvalue weighted by Gasteiger charge is 2.23. The summed E-state index contributed by atoms with van der Waals surface area (Å²) in [5.41, 5.74) is 8.55. The molecule has 0 amide bonds. The molecule has 1 aliphatic heterocycles. The molecule has 0 radical (unpaired) electrons. The molecule has 2 N–H and O–H groups in total. The first-order valence-electron chi connectivity index (χ1n) is 8.52. The average molecular weight is 323 g/mol. The van der Waals surface area contributed by atoms with Crippen molar-refractivity contribution < 1.29 is 4.74 Å². The number of hydrogen-bond donors (Lipinski definition) is 1. The number of ether oxygens (including phenoxy) is 1. The fourth-order valence-electron chi connectivity index (χ4n) is 2.95. The van der Waals surface area contributed by atoms with E-state index >= 15 is 0 Å². The van der Waals surface area contributed by atoms with Crippen molar-refractivity contribution in [2.45, 2.75) is 19.6 Å². The van der Waals surface area contributed by atoms with Gasteiger partial charge in [-0.2, -0.15) is 0 Å². The Kier molecular flexibility index (Phi) is 5.85. The van der Waals surface area contributed by atoms with Gasteiger partial charge in [-0.3, -0.25) is 0 Å². The zero-order valence-corrected chi connectivity index (χ0v) is 14.0. The summed E-state index contributed by atoms with van der Waals surface area (Å²) in [6.45, 7) is 3.98. The van der Waals surface area contributed by atoms with E-state index in [-0.39, 0.29) is 0 Å². The number of rotatable bonds is 6. The van der Waals surface area contributed by atoms with Gasteiger partial charge in [0.05, 0.1) is 19.8 Å². The van der Waals surface area contributed by atoms with Crippen molar-refractivity contribution >= 4 is 5.96 Å². The standard InChI is InChI=1S/C20H25N3O/c21-20(22-13-17-7-3-1-4-8-17)23-12-11-19(14-23)16-24-15-18-9-5-2-6-10-18/h1-10,19H,11-16H2,(H2,21,22). The topological polar surface area (TPSA) is 50.8 Å². The highest BCUT2D eigenvalue weighted by molar-refractivity contribution is 5.78. The molecule has 0 saturated carbocycles.